The van der Waals surface area contributed by atoms with Crippen molar-refractivity contribution >= 4 is 11.9 Å². The summed E-state index contributed by atoms with van der Waals surface area (Å²) >= 11 is 0. The molecule has 0 unspecified atom stereocenters. The molecule has 0 saturated carbocycles. The van der Waals surface area contributed by atoms with Crippen molar-refractivity contribution in [2.45, 2.75) is 5.92 Å². The molecule has 1 saturated heterocycles. The third kappa shape index (κ3) is 3.42. The van der Waals surface area contributed by atoms with E-state index in [1.54, 1.807) is 18.2 Å². The van der Waals surface area contributed by atoms with Crippen molar-refractivity contribution in [1.82, 2.24) is 9.88 Å². The maximum atomic E-state index is 13.9. The second kappa shape index (κ2) is 7.61. The summed E-state index contributed by atoms with van der Waals surface area (Å²) in [5, 5.41) is 9.66. The number of methoxy groups -OCH3 is 2. The van der Waals surface area contributed by atoms with Gasteiger partial charge in [-0.2, -0.15) is 0 Å². The highest BCUT2D eigenvalue weighted by Gasteiger charge is 2.42. The monoisotopic (exact) mass is 374 g/mol. The molecule has 1 amide bonds. The third-order valence-electron chi connectivity index (χ3n) is 4.72. The van der Waals surface area contributed by atoms with Crippen molar-refractivity contribution in [2.75, 3.05) is 27.3 Å². The summed E-state index contributed by atoms with van der Waals surface area (Å²) in [5.41, 5.74) is 0.306. The van der Waals surface area contributed by atoms with Gasteiger partial charge in [-0.1, -0.05) is 12.1 Å². The quantitative estimate of drug-likeness (QED) is 0.863. The van der Waals surface area contributed by atoms with Crippen LogP contribution in [0.2, 0.25) is 0 Å². The Labute approximate surface area is 155 Å². The SMILES string of the molecule is COc1cccc([C@@H]2CN(C(=O)c3ncccc3F)C[C@H]2C(=O)O)c1OC. The largest absolute Gasteiger partial charge is 0.493 e. The van der Waals surface area contributed by atoms with Crippen LogP contribution in [0.25, 0.3) is 0 Å². The van der Waals surface area contributed by atoms with Crippen molar-refractivity contribution in [3.8, 4) is 11.5 Å². The Kier molecular flexibility index (Phi) is 5.25. The summed E-state index contributed by atoms with van der Waals surface area (Å²) < 4.78 is 24.6. The van der Waals surface area contributed by atoms with Crippen LogP contribution in [-0.4, -0.2) is 54.2 Å². The first-order valence-electron chi connectivity index (χ1n) is 8.31. The van der Waals surface area contributed by atoms with Gasteiger partial charge < -0.3 is 19.5 Å². The first-order valence-corrected chi connectivity index (χ1v) is 8.31. The Morgan fingerprint density at radius 1 is 1.19 bits per heavy atom. The highest BCUT2D eigenvalue weighted by Crippen LogP contribution is 2.42. The molecule has 1 aromatic heterocycles. The summed E-state index contributed by atoms with van der Waals surface area (Å²) in [4.78, 5) is 29.6. The molecule has 2 atom stereocenters. The number of hydrogen-bond acceptors (Lipinski definition) is 5. The van der Waals surface area contributed by atoms with E-state index < -0.39 is 29.5 Å². The number of hydrogen-bond donors (Lipinski definition) is 1. The fourth-order valence-corrected chi connectivity index (χ4v) is 3.43. The minimum absolute atomic E-state index is 0.0464. The molecule has 7 nitrogen and oxygen atoms in total. The molecule has 1 N–H and O–H groups in total. The molecule has 0 spiro atoms. The molecule has 1 fully saturated rings. The number of carboxylic acid groups (broad SMARTS) is 1. The van der Waals surface area contributed by atoms with Gasteiger partial charge >= 0.3 is 5.97 Å². The summed E-state index contributed by atoms with van der Waals surface area (Å²) in [5.74, 6) is -2.90. The number of carboxylic acids is 1. The first-order chi connectivity index (χ1) is 13.0. The first kappa shape index (κ1) is 18.6. The average molecular weight is 374 g/mol. The number of aromatic nitrogens is 1. The molecule has 0 aliphatic carbocycles. The predicted octanol–water partition coefficient (Wildman–Crippen LogP) is 2.18. The van der Waals surface area contributed by atoms with Crippen LogP contribution in [0.3, 0.4) is 0 Å². The van der Waals surface area contributed by atoms with Gasteiger partial charge in [0, 0.05) is 30.8 Å². The number of carbonyl (C=O) groups excluding carboxylic acids is 1. The zero-order valence-electron chi connectivity index (χ0n) is 14.9. The molecule has 8 heteroatoms. The van der Waals surface area contributed by atoms with E-state index in [0.717, 1.165) is 6.07 Å². The van der Waals surface area contributed by atoms with Gasteiger partial charge in [0.1, 0.15) is 0 Å². The predicted molar refractivity (Wildman–Crippen MR) is 93.5 cm³/mol. The summed E-state index contributed by atoms with van der Waals surface area (Å²) in [6.07, 6.45) is 1.32. The molecule has 142 valence electrons. The van der Waals surface area contributed by atoms with Crippen LogP contribution < -0.4 is 9.47 Å². The maximum Gasteiger partial charge on any atom is 0.308 e. The molecule has 1 aliphatic rings. The van der Waals surface area contributed by atoms with Gasteiger partial charge in [0.2, 0.25) is 0 Å². The van der Waals surface area contributed by atoms with Gasteiger partial charge in [-0.15, -0.1) is 0 Å². The number of carbonyl (C=O) groups is 2. The van der Waals surface area contributed by atoms with Gasteiger partial charge in [-0.05, 0) is 18.2 Å². The molecule has 2 heterocycles. The highest BCUT2D eigenvalue weighted by molar-refractivity contribution is 5.93. The molecule has 1 aromatic carbocycles. The third-order valence-corrected chi connectivity index (χ3v) is 4.72. The second-order valence-electron chi connectivity index (χ2n) is 6.18. The number of nitrogens with zero attached hydrogens (tertiary/aromatic N) is 2. The lowest BCUT2D eigenvalue weighted by atomic mass is 9.88. The van der Waals surface area contributed by atoms with Crippen molar-refractivity contribution in [1.29, 1.82) is 0 Å². The number of amides is 1. The van der Waals surface area contributed by atoms with E-state index in [1.807, 2.05) is 0 Å². The van der Waals surface area contributed by atoms with Crippen LogP contribution in [0.15, 0.2) is 36.5 Å². The number of aliphatic carboxylic acids is 1. The van der Waals surface area contributed by atoms with Gasteiger partial charge in [0.15, 0.2) is 23.0 Å². The standard InChI is InChI=1S/C19H19FN2O5/c1-26-15-7-3-5-11(17(15)27-2)12-9-22(10-13(12)19(24)25)18(23)16-14(20)6-4-8-21-16/h3-8,12-13H,9-10H2,1-2H3,(H,24,25)/t12-,13+/m0/s1. The van der Waals surface area contributed by atoms with E-state index in [0.29, 0.717) is 17.1 Å². The van der Waals surface area contributed by atoms with Gasteiger partial charge in [0.25, 0.3) is 5.91 Å². The van der Waals surface area contributed by atoms with Crippen molar-refractivity contribution < 1.29 is 28.6 Å². The minimum Gasteiger partial charge on any atom is -0.493 e. The van der Waals surface area contributed by atoms with Gasteiger partial charge in [-0.25, -0.2) is 9.37 Å². The molecule has 1 aliphatic heterocycles. The molecule has 0 radical (unpaired) electrons. The minimum atomic E-state index is -1.04. The second-order valence-corrected chi connectivity index (χ2v) is 6.18. The Morgan fingerprint density at radius 2 is 1.96 bits per heavy atom. The van der Waals surface area contributed by atoms with E-state index in [-0.39, 0.29) is 18.8 Å². The number of pyridine rings is 1. The highest BCUT2D eigenvalue weighted by atomic mass is 19.1. The number of halogens is 1. The lowest BCUT2D eigenvalue weighted by Crippen LogP contribution is -2.31. The van der Waals surface area contributed by atoms with Crippen LogP contribution in [0.4, 0.5) is 4.39 Å². The average Bonchev–Trinajstić information content (AvgIpc) is 3.12. The number of ether oxygens (including phenoxy) is 2. The lowest BCUT2D eigenvalue weighted by Gasteiger charge is -2.20. The van der Waals surface area contributed by atoms with Crippen LogP contribution >= 0.6 is 0 Å². The van der Waals surface area contributed by atoms with E-state index in [1.165, 1.54) is 31.4 Å². The summed E-state index contributed by atoms with van der Waals surface area (Å²) in [7, 11) is 2.96. The van der Waals surface area contributed by atoms with Gasteiger partial charge in [-0.3, -0.25) is 9.59 Å². The number of rotatable bonds is 5. The van der Waals surface area contributed by atoms with Gasteiger partial charge in [0.05, 0.1) is 20.1 Å². The number of benzene rings is 1. The summed E-state index contributed by atoms with van der Waals surface area (Å²) in [6.45, 7) is 0.0601. The maximum absolute atomic E-state index is 13.9. The fraction of sp³-hybridized carbons (Fsp3) is 0.316. The Hall–Kier alpha value is -3.16. The van der Waals surface area contributed by atoms with Crippen molar-refractivity contribution in [3.63, 3.8) is 0 Å². The number of likely N-dealkylation sites (tertiary alicyclic amines) is 1. The van der Waals surface area contributed by atoms with Crippen LogP contribution in [-0.2, 0) is 4.79 Å². The zero-order valence-corrected chi connectivity index (χ0v) is 14.9. The van der Waals surface area contributed by atoms with Crippen LogP contribution in [0.1, 0.15) is 22.0 Å². The zero-order chi connectivity index (χ0) is 19.6. The van der Waals surface area contributed by atoms with E-state index in [9.17, 15) is 19.1 Å². The van der Waals surface area contributed by atoms with E-state index in [4.69, 9.17) is 9.47 Å². The molecular formula is C19H19FN2O5. The van der Waals surface area contributed by atoms with Crippen molar-refractivity contribution in [3.05, 3.63) is 53.6 Å². The smallest absolute Gasteiger partial charge is 0.308 e. The van der Waals surface area contributed by atoms with E-state index in [2.05, 4.69) is 4.98 Å². The Bertz CT molecular complexity index is 873. The molecule has 3 rings (SSSR count). The Morgan fingerprint density at radius 3 is 2.59 bits per heavy atom. The van der Waals surface area contributed by atoms with Crippen LogP contribution in [0, 0.1) is 11.7 Å². The number of para-hydroxylation sites is 1. The van der Waals surface area contributed by atoms with Crippen molar-refractivity contribution in [2.24, 2.45) is 5.92 Å². The topological polar surface area (TPSA) is 89.0 Å². The molecular weight excluding hydrogens is 355 g/mol. The molecule has 2 aromatic rings. The fourth-order valence-electron chi connectivity index (χ4n) is 3.43. The lowest BCUT2D eigenvalue weighted by molar-refractivity contribution is -0.141. The van der Waals surface area contributed by atoms with Crippen LogP contribution in [0.5, 0.6) is 11.5 Å². The summed E-state index contributed by atoms with van der Waals surface area (Å²) in [6, 6.07) is 7.72. The Balaban J connectivity index is 1.96. The molecule has 0 bridgehead atoms. The van der Waals surface area contributed by atoms with E-state index >= 15 is 0 Å². The molecule has 27 heavy (non-hydrogen) atoms. The normalized spacial score (nSPS) is 19.0.